The molecule has 204 valence electrons. The van der Waals surface area contributed by atoms with Crippen molar-refractivity contribution < 1.29 is 45.8 Å². The molecule has 2 N–H and O–H groups in total. The predicted octanol–water partition coefficient (Wildman–Crippen LogP) is 5.61. The molecule has 13 heteroatoms. The third-order valence-electron chi connectivity index (χ3n) is 5.24. The lowest BCUT2D eigenvalue weighted by molar-refractivity contribution is -0.153. The molecule has 2 aromatic rings. The van der Waals surface area contributed by atoms with Gasteiger partial charge in [0.15, 0.2) is 6.61 Å². The molecule has 2 rings (SSSR count). The van der Waals surface area contributed by atoms with Crippen LogP contribution in [0.2, 0.25) is 0 Å². The molecular weight excluding hydrogens is 508 g/mol. The molecule has 0 aliphatic rings. The zero-order valence-corrected chi connectivity index (χ0v) is 20.4. The fraction of sp³-hybridized carbons (Fsp3) is 0.458. The quantitative estimate of drug-likeness (QED) is 0.429. The molecule has 1 aromatic carbocycles. The van der Waals surface area contributed by atoms with Gasteiger partial charge in [-0.25, -0.2) is 4.79 Å². The normalized spacial score (nSPS) is 14.0. The Kier molecular flexibility index (Phi) is 9.04. The number of hydrogen-bond donors (Lipinski definition) is 2. The predicted molar refractivity (Wildman–Crippen MR) is 121 cm³/mol. The van der Waals surface area contributed by atoms with E-state index in [4.69, 9.17) is 0 Å². The number of carboxylic acid groups (broad SMARTS) is 1. The molecular formula is C24H27F6N3O4. The topological polar surface area (TPSA) is 91.8 Å². The van der Waals surface area contributed by atoms with Gasteiger partial charge >= 0.3 is 18.4 Å². The molecule has 7 nitrogen and oxygen atoms in total. The van der Waals surface area contributed by atoms with Gasteiger partial charge in [0.2, 0.25) is 5.91 Å². The Hall–Kier alpha value is -3.51. The van der Waals surface area contributed by atoms with Crippen LogP contribution in [-0.4, -0.2) is 51.4 Å². The van der Waals surface area contributed by atoms with Crippen LogP contribution in [0.3, 0.4) is 0 Å². The number of rotatable bonds is 8. The highest BCUT2D eigenvalue weighted by molar-refractivity contribution is 5.86. The van der Waals surface area contributed by atoms with Gasteiger partial charge in [-0.3, -0.25) is 14.7 Å². The summed E-state index contributed by atoms with van der Waals surface area (Å²) < 4.78 is 82.2. The molecule has 1 heterocycles. The zero-order valence-electron chi connectivity index (χ0n) is 20.4. The van der Waals surface area contributed by atoms with Crippen LogP contribution >= 0.6 is 0 Å². The number of ether oxygens (including phenoxy) is 1. The molecule has 1 unspecified atom stereocenters. The Morgan fingerprint density at radius 1 is 1.05 bits per heavy atom. The van der Waals surface area contributed by atoms with E-state index in [9.17, 15) is 41.0 Å². The van der Waals surface area contributed by atoms with E-state index in [0.717, 1.165) is 17.2 Å². The van der Waals surface area contributed by atoms with Crippen LogP contribution in [-0.2, 0) is 17.4 Å². The summed E-state index contributed by atoms with van der Waals surface area (Å²) in [6.07, 6.45) is -10.3. The van der Waals surface area contributed by atoms with Crippen molar-refractivity contribution in [2.75, 3.05) is 6.61 Å². The molecule has 2 atom stereocenters. The maximum absolute atomic E-state index is 13.6. The number of alkyl halides is 6. The molecule has 0 spiro atoms. The van der Waals surface area contributed by atoms with Crippen molar-refractivity contribution in [2.45, 2.75) is 64.1 Å². The SMILES string of the molecule is C[C@@H](NC(=O)C(Cc1ccccc1C(F)(F)F)N(C(=O)O)C(C)(C)C)c1ccc(OCC(F)(F)F)cn1. The van der Waals surface area contributed by atoms with Crippen LogP contribution in [0.1, 0.15) is 50.6 Å². The molecule has 0 saturated heterocycles. The summed E-state index contributed by atoms with van der Waals surface area (Å²) in [7, 11) is 0. The Morgan fingerprint density at radius 2 is 1.68 bits per heavy atom. The summed E-state index contributed by atoms with van der Waals surface area (Å²) in [6, 6.07) is 4.69. The third kappa shape index (κ3) is 8.53. The van der Waals surface area contributed by atoms with Gasteiger partial charge in [0.25, 0.3) is 0 Å². The van der Waals surface area contributed by atoms with E-state index >= 15 is 0 Å². The Labute approximate surface area is 209 Å². The minimum Gasteiger partial charge on any atom is -0.483 e. The van der Waals surface area contributed by atoms with Gasteiger partial charge in [0, 0.05) is 12.0 Å². The van der Waals surface area contributed by atoms with Gasteiger partial charge in [0.05, 0.1) is 23.5 Å². The number of benzene rings is 1. The lowest BCUT2D eigenvalue weighted by atomic mass is 9.94. The third-order valence-corrected chi connectivity index (χ3v) is 5.24. The van der Waals surface area contributed by atoms with Crippen molar-refractivity contribution in [2.24, 2.45) is 0 Å². The van der Waals surface area contributed by atoms with Crippen molar-refractivity contribution in [3.8, 4) is 5.75 Å². The molecule has 0 aliphatic carbocycles. The molecule has 0 fully saturated rings. The number of carbonyl (C=O) groups is 2. The van der Waals surface area contributed by atoms with Crippen LogP contribution < -0.4 is 10.1 Å². The first kappa shape index (κ1) is 29.7. The van der Waals surface area contributed by atoms with Gasteiger partial charge in [-0.2, -0.15) is 26.3 Å². The second-order valence-electron chi connectivity index (χ2n) is 9.25. The minimum absolute atomic E-state index is 0.161. The molecule has 0 aliphatic heterocycles. The second-order valence-corrected chi connectivity index (χ2v) is 9.25. The molecule has 1 aromatic heterocycles. The number of nitrogens with zero attached hydrogens (tertiary/aromatic N) is 2. The van der Waals surface area contributed by atoms with Crippen molar-refractivity contribution in [3.05, 3.63) is 59.4 Å². The number of hydrogen-bond acceptors (Lipinski definition) is 4. The number of amides is 2. The summed E-state index contributed by atoms with van der Waals surface area (Å²) in [6.45, 7) is 4.48. The average Bonchev–Trinajstić information content (AvgIpc) is 2.75. The number of carbonyl (C=O) groups excluding carboxylic acids is 1. The van der Waals surface area contributed by atoms with Gasteiger partial charge < -0.3 is 15.2 Å². The van der Waals surface area contributed by atoms with Crippen molar-refractivity contribution >= 4 is 12.0 Å². The fourth-order valence-electron chi connectivity index (χ4n) is 3.65. The fourth-order valence-corrected chi connectivity index (χ4v) is 3.65. The number of nitrogens with one attached hydrogen (secondary N) is 1. The molecule has 2 amide bonds. The Balaban J connectivity index is 2.33. The van der Waals surface area contributed by atoms with E-state index in [1.807, 2.05) is 0 Å². The van der Waals surface area contributed by atoms with E-state index in [1.54, 1.807) is 0 Å². The Bertz CT molecular complexity index is 1080. The number of halogens is 6. The highest BCUT2D eigenvalue weighted by Gasteiger charge is 2.40. The lowest BCUT2D eigenvalue weighted by Gasteiger charge is -2.39. The van der Waals surface area contributed by atoms with Crippen LogP contribution in [0.5, 0.6) is 5.75 Å². The molecule has 0 saturated carbocycles. The first-order valence-corrected chi connectivity index (χ1v) is 11.0. The van der Waals surface area contributed by atoms with Crippen LogP contribution in [0.15, 0.2) is 42.6 Å². The van der Waals surface area contributed by atoms with E-state index < -0.39 is 60.6 Å². The molecule has 0 bridgehead atoms. The maximum atomic E-state index is 13.6. The highest BCUT2D eigenvalue weighted by atomic mass is 19.4. The summed E-state index contributed by atoms with van der Waals surface area (Å²) in [4.78, 5) is 30.1. The van der Waals surface area contributed by atoms with Crippen molar-refractivity contribution in [3.63, 3.8) is 0 Å². The Morgan fingerprint density at radius 3 is 2.16 bits per heavy atom. The molecule has 37 heavy (non-hydrogen) atoms. The van der Waals surface area contributed by atoms with E-state index in [1.165, 1.54) is 58.0 Å². The summed E-state index contributed by atoms with van der Waals surface area (Å²) in [5, 5.41) is 12.4. The number of aromatic nitrogens is 1. The van der Waals surface area contributed by atoms with Gasteiger partial charge in [-0.05, 0) is 51.5 Å². The van der Waals surface area contributed by atoms with Gasteiger partial charge in [-0.1, -0.05) is 18.2 Å². The zero-order chi connectivity index (χ0) is 28.2. The maximum Gasteiger partial charge on any atom is 0.422 e. The van der Waals surface area contributed by atoms with Crippen LogP contribution in [0.25, 0.3) is 0 Å². The average molecular weight is 535 g/mol. The summed E-state index contributed by atoms with van der Waals surface area (Å²) >= 11 is 0. The molecule has 0 radical (unpaired) electrons. The first-order chi connectivity index (χ1) is 16.9. The van der Waals surface area contributed by atoms with E-state index in [-0.39, 0.29) is 17.0 Å². The van der Waals surface area contributed by atoms with Gasteiger partial charge in [0.1, 0.15) is 11.8 Å². The van der Waals surface area contributed by atoms with E-state index in [2.05, 4.69) is 15.0 Å². The smallest absolute Gasteiger partial charge is 0.422 e. The standard InChI is InChI=1S/C24H27F6N3O4/c1-14(18-10-9-16(12-31-18)37-13-23(25,26)27)32-20(34)19(33(21(35)36)22(2,3)4)11-15-7-5-6-8-17(15)24(28,29)30/h5-10,12,14,19H,11,13H2,1-4H3,(H,32,34)(H,35,36)/t14-,19?/m1/s1. The van der Waals surface area contributed by atoms with E-state index in [0.29, 0.717) is 0 Å². The van der Waals surface area contributed by atoms with Crippen LogP contribution in [0.4, 0.5) is 31.1 Å². The number of pyridine rings is 1. The lowest BCUT2D eigenvalue weighted by Crippen LogP contribution is -2.58. The summed E-state index contributed by atoms with van der Waals surface area (Å²) in [5.74, 6) is -1.04. The second kappa shape index (κ2) is 11.3. The summed E-state index contributed by atoms with van der Waals surface area (Å²) in [5.41, 5.74) is -2.20. The monoisotopic (exact) mass is 535 g/mol. The van der Waals surface area contributed by atoms with Crippen LogP contribution in [0, 0.1) is 0 Å². The van der Waals surface area contributed by atoms with Crippen molar-refractivity contribution in [1.82, 2.24) is 15.2 Å². The minimum atomic E-state index is -4.72. The first-order valence-electron chi connectivity index (χ1n) is 11.0. The van der Waals surface area contributed by atoms with Gasteiger partial charge in [-0.15, -0.1) is 0 Å². The van der Waals surface area contributed by atoms with Crippen molar-refractivity contribution in [1.29, 1.82) is 0 Å². The largest absolute Gasteiger partial charge is 0.483 e. The highest BCUT2D eigenvalue weighted by Crippen LogP contribution is 2.33.